The van der Waals surface area contributed by atoms with Gasteiger partial charge in [0.1, 0.15) is 16.1 Å². The van der Waals surface area contributed by atoms with Crippen LogP contribution in [0.4, 0.5) is 0 Å². The number of nitrogens with zero attached hydrogens (tertiary/aromatic N) is 4. The van der Waals surface area contributed by atoms with Gasteiger partial charge in [0, 0.05) is 13.2 Å². The van der Waals surface area contributed by atoms with Gasteiger partial charge >= 0.3 is 0 Å². The summed E-state index contributed by atoms with van der Waals surface area (Å²) in [6, 6.07) is 5.57. The molecule has 6 heteroatoms. The fraction of sp³-hybridized carbons (Fsp3) is 0.357. The van der Waals surface area contributed by atoms with Crippen LogP contribution in [0, 0.1) is 0 Å². The van der Waals surface area contributed by atoms with Gasteiger partial charge in [-0.3, -0.25) is 4.98 Å². The molecule has 106 valence electrons. The monoisotopic (exact) mass is 290 g/mol. The Hall–Kier alpha value is -1.66. The SMILES string of the molecule is Cn1cncc1C(=N[S+]([O-])C(C)(C)C)c1ccccn1. The molecule has 1 unspecified atom stereocenters. The number of aromatic nitrogens is 3. The van der Waals surface area contributed by atoms with E-state index in [9.17, 15) is 4.55 Å². The number of hydrogen-bond acceptors (Lipinski definition) is 4. The van der Waals surface area contributed by atoms with Crippen LogP contribution in [-0.4, -0.2) is 29.5 Å². The van der Waals surface area contributed by atoms with Crippen molar-refractivity contribution in [2.24, 2.45) is 11.4 Å². The number of hydrogen-bond donors (Lipinski definition) is 0. The van der Waals surface area contributed by atoms with Gasteiger partial charge in [-0.05, 0) is 32.9 Å². The average molecular weight is 290 g/mol. The molecule has 0 bridgehead atoms. The summed E-state index contributed by atoms with van der Waals surface area (Å²) in [5.74, 6) is 0. The first-order chi connectivity index (χ1) is 9.39. The van der Waals surface area contributed by atoms with Gasteiger partial charge in [-0.1, -0.05) is 10.5 Å². The molecule has 0 aromatic carbocycles. The number of rotatable bonds is 3. The Bertz CT molecular complexity index is 601. The second kappa shape index (κ2) is 5.76. The predicted molar refractivity (Wildman–Crippen MR) is 81.0 cm³/mol. The topological polar surface area (TPSA) is 66.1 Å². The fourth-order valence-electron chi connectivity index (χ4n) is 1.53. The van der Waals surface area contributed by atoms with Crippen LogP contribution >= 0.6 is 0 Å². The maximum atomic E-state index is 12.3. The zero-order valence-corrected chi connectivity index (χ0v) is 12.9. The summed E-state index contributed by atoms with van der Waals surface area (Å²) in [5.41, 5.74) is 2.08. The van der Waals surface area contributed by atoms with E-state index >= 15 is 0 Å². The normalized spacial score (nSPS) is 14.3. The molecule has 0 saturated heterocycles. The van der Waals surface area contributed by atoms with E-state index in [-0.39, 0.29) is 0 Å². The summed E-state index contributed by atoms with van der Waals surface area (Å²) < 4.78 is 18.1. The summed E-state index contributed by atoms with van der Waals surface area (Å²) in [6.07, 6.45) is 5.09. The molecular formula is C14H18N4OS. The van der Waals surface area contributed by atoms with Crippen molar-refractivity contribution in [3.8, 4) is 0 Å². The third kappa shape index (κ3) is 3.26. The van der Waals surface area contributed by atoms with E-state index < -0.39 is 16.1 Å². The first-order valence-corrected chi connectivity index (χ1v) is 7.39. The van der Waals surface area contributed by atoms with Crippen LogP contribution in [0.3, 0.4) is 0 Å². The molecule has 0 amide bonds. The van der Waals surface area contributed by atoms with Crippen LogP contribution in [0.2, 0.25) is 0 Å². The van der Waals surface area contributed by atoms with E-state index in [0.717, 1.165) is 5.69 Å². The molecule has 2 rings (SSSR count). The molecule has 0 aliphatic heterocycles. The van der Waals surface area contributed by atoms with Crippen LogP contribution in [0.15, 0.2) is 41.3 Å². The van der Waals surface area contributed by atoms with E-state index in [1.807, 2.05) is 50.6 Å². The van der Waals surface area contributed by atoms with Crippen LogP contribution < -0.4 is 0 Å². The molecule has 0 aliphatic rings. The summed E-state index contributed by atoms with van der Waals surface area (Å²) in [6.45, 7) is 5.68. The molecule has 2 heterocycles. The Morgan fingerprint density at radius 2 is 2.10 bits per heavy atom. The van der Waals surface area contributed by atoms with Gasteiger partial charge in [-0.15, -0.1) is 0 Å². The molecule has 0 fully saturated rings. The second-order valence-electron chi connectivity index (χ2n) is 5.41. The van der Waals surface area contributed by atoms with Crippen molar-refractivity contribution in [1.82, 2.24) is 14.5 Å². The van der Waals surface area contributed by atoms with Crippen molar-refractivity contribution >= 4 is 17.1 Å². The minimum Gasteiger partial charge on any atom is -0.591 e. The number of aryl methyl sites for hydroxylation is 1. The summed E-state index contributed by atoms with van der Waals surface area (Å²) in [4.78, 5) is 8.40. The highest BCUT2D eigenvalue weighted by molar-refractivity contribution is 7.91. The standard InChI is InChI=1S/C14H18N4OS/c1-14(2,3)20(19)17-13(11-7-5-6-8-16-11)12-9-15-10-18(12)4/h5-10H,1-4H3. The van der Waals surface area contributed by atoms with E-state index in [2.05, 4.69) is 14.4 Å². The maximum absolute atomic E-state index is 12.3. The van der Waals surface area contributed by atoms with E-state index in [4.69, 9.17) is 0 Å². The Morgan fingerprint density at radius 3 is 2.60 bits per heavy atom. The van der Waals surface area contributed by atoms with Crippen molar-refractivity contribution in [2.45, 2.75) is 25.5 Å². The highest BCUT2D eigenvalue weighted by Crippen LogP contribution is 2.20. The lowest BCUT2D eigenvalue weighted by Crippen LogP contribution is -2.27. The highest BCUT2D eigenvalue weighted by atomic mass is 32.2. The molecule has 2 aromatic heterocycles. The van der Waals surface area contributed by atoms with Gasteiger partial charge in [0.05, 0.1) is 23.9 Å². The molecule has 0 saturated carbocycles. The smallest absolute Gasteiger partial charge is 0.165 e. The minimum absolute atomic E-state index is 0.418. The fourth-order valence-corrected chi connectivity index (χ4v) is 2.16. The lowest BCUT2D eigenvalue weighted by molar-refractivity contribution is 0.561. The molecule has 1 atom stereocenters. The van der Waals surface area contributed by atoms with Crippen LogP contribution in [0.5, 0.6) is 0 Å². The lowest BCUT2D eigenvalue weighted by atomic mass is 10.2. The van der Waals surface area contributed by atoms with Gasteiger partial charge in [-0.2, -0.15) is 0 Å². The Kier molecular flexibility index (Phi) is 4.25. The first-order valence-electron chi connectivity index (χ1n) is 6.28. The third-order valence-electron chi connectivity index (χ3n) is 2.66. The number of imidazole rings is 1. The molecule has 20 heavy (non-hydrogen) atoms. The molecule has 0 N–H and O–H groups in total. The second-order valence-corrected chi connectivity index (χ2v) is 7.31. The summed E-state index contributed by atoms with van der Waals surface area (Å²) in [5, 5.41) is 0. The van der Waals surface area contributed by atoms with Crippen molar-refractivity contribution in [3.63, 3.8) is 0 Å². The van der Waals surface area contributed by atoms with E-state index in [1.165, 1.54) is 0 Å². The maximum Gasteiger partial charge on any atom is 0.165 e. The Balaban J connectivity index is 2.52. The van der Waals surface area contributed by atoms with Gasteiger partial charge in [0.2, 0.25) is 0 Å². The van der Waals surface area contributed by atoms with Gasteiger partial charge in [0.25, 0.3) is 0 Å². The molecule has 2 aromatic rings. The molecule has 0 aliphatic carbocycles. The summed E-state index contributed by atoms with van der Waals surface area (Å²) in [7, 11) is 1.88. The van der Waals surface area contributed by atoms with Crippen molar-refractivity contribution < 1.29 is 4.55 Å². The Labute approximate surface area is 122 Å². The highest BCUT2D eigenvalue weighted by Gasteiger charge is 2.28. The van der Waals surface area contributed by atoms with Gasteiger partial charge in [0.15, 0.2) is 5.71 Å². The van der Waals surface area contributed by atoms with Gasteiger partial charge in [-0.25, -0.2) is 4.98 Å². The summed E-state index contributed by atoms with van der Waals surface area (Å²) >= 11 is -1.35. The molecule has 5 nitrogen and oxygen atoms in total. The first kappa shape index (κ1) is 14.7. The van der Waals surface area contributed by atoms with Crippen molar-refractivity contribution in [3.05, 3.63) is 48.3 Å². The molecule has 0 spiro atoms. The van der Waals surface area contributed by atoms with Crippen molar-refractivity contribution in [1.29, 1.82) is 0 Å². The predicted octanol–water partition coefficient (Wildman–Crippen LogP) is 2.11. The lowest BCUT2D eigenvalue weighted by Gasteiger charge is -2.19. The Morgan fingerprint density at radius 1 is 1.35 bits per heavy atom. The zero-order chi connectivity index (χ0) is 14.8. The average Bonchev–Trinajstić information content (AvgIpc) is 2.81. The van der Waals surface area contributed by atoms with E-state index in [0.29, 0.717) is 11.4 Å². The molecular weight excluding hydrogens is 272 g/mol. The zero-order valence-electron chi connectivity index (χ0n) is 12.1. The van der Waals surface area contributed by atoms with Gasteiger partial charge < -0.3 is 9.12 Å². The van der Waals surface area contributed by atoms with Crippen molar-refractivity contribution in [2.75, 3.05) is 0 Å². The number of pyridine rings is 1. The van der Waals surface area contributed by atoms with Crippen LogP contribution in [0.1, 0.15) is 32.2 Å². The van der Waals surface area contributed by atoms with E-state index in [1.54, 1.807) is 18.7 Å². The largest absolute Gasteiger partial charge is 0.591 e. The van der Waals surface area contributed by atoms with Crippen LogP contribution in [0.25, 0.3) is 0 Å². The van der Waals surface area contributed by atoms with Crippen LogP contribution in [-0.2, 0) is 18.4 Å². The quantitative estimate of drug-likeness (QED) is 0.642. The molecule has 0 radical (unpaired) electrons. The third-order valence-corrected chi connectivity index (χ3v) is 4.06. The minimum atomic E-state index is -1.35.